The monoisotopic (exact) mass is 263 g/mol. The zero-order valence-electron chi connectivity index (χ0n) is 10.8. The predicted molar refractivity (Wildman–Crippen MR) is 74.6 cm³/mol. The van der Waals surface area contributed by atoms with E-state index in [0.29, 0.717) is 0 Å². The van der Waals surface area contributed by atoms with Crippen molar-refractivity contribution in [2.75, 3.05) is 6.54 Å². The second kappa shape index (κ2) is 5.57. The highest BCUT2D eigenvalue weighted by atomic mass is 35.5. The molecule has 2 rings (SSSR count). The normalized spacial score (nSPS) is 18.8. The summed E-state index contributed by atoms with van der Waals surface area (Å²) in [5.41, 5.74) is 2.17. The van der Waals surface area contributed by atoms with E-state index in [9.17, 15) is 4.79 Å². The van der Waals surface area contributed by atoms with Gasteiger partial charge in [0.1, 0.15) is 0 Å². The molecule has 0 radical (unpaired) electrons. The fourth-order valence-corrected chi connectivity index (χ4v) is 2.62. The Balaban J connectivity index is 2.22. The van der Waals surface area contributed by atoms with Gasteiger partial charge < -0.3 is 4.90 Å². The lowest BCUT2D eigenvalue weighted by Gasteiger charge is -2.24. The minimum absolute atomic E-state index is 0.109. The van der Waals surface area contributed by atoms with Gasteiger partial charge in [-0.15, -0.1) is 0 Å². The van der Waals surface area contributed by atoms with Crippen molar-refractivity contribution in [1.29, 1.82) is 0 Å². The van der Waals surface area contributed by atoms with Crippen LogP contribution in [-0.4, -0.2) is 17.4 Å². The smallest absolute Gasteiger partial charge is 0.246 e. The van der Waals surface area contributed by atoms with Gasteiger partial charge in [-0.3, -0.25) is 4.79 Å². The fraction of sp³-hybridized carbons (Fsp3) is 0.400. The van der Waals surface area contributed by atoms with E-state index in [0.717, 1.165) is 35.5 Å². The number of carbonyl (C=O) groups is 1. The number of nitrogens with zero attached hydrogens (tertiary/aromatic N) is 1. The second-order valence-corrected chi connectivity index (χ2v) is 5.40. The topological polar surface area (TPSA) is 20.3 Å². The molecule has 0 aliphatic carbocycles. The Hall–Kier alpha value is -1.28. The van der Waals surface area contributed by atoms with Crippen LogP contribution in [0.1, 0.15) is 38.3 Å². The highest BCUT2D eigenvalue weighted by Gasteiger charge is 2.28. The molecule has 1 aromatic rings. The molecule has 1 aliphatic heterocycles. The van der Waals surface area contributed by atoms with Gasteiger partial charge in [0.2, 0.25) is 5.91 Å². The van der Waals surface area contributed by atoms with Gasteiger partial charge in [-0.2, -0.15) is 0 Å². The summed E-state index contributed by atoms with van der Waals surface area (Å²) in [6, 6.07) is 7.99. The Bertz CT molecular complexity index is 477. The molecule has 96 valence electrons. The molecule has 0 saturated carbocycles. The van der Waals surface area contributed by atoms with Gasteiger partial charge >= 0.3 is 0 Å². The van der Waals surface area contributed by atoms with E-state index in [4.69, 9.17) is 11.6 Å². The van der Waals surface area contributed by atoms with Crippen molar-refractivity contribution in [3.63, 3.8) is 0 Å². The SMILES string of the molecule is CC(C)=CC(=O)N1CCCC1c1cccc(Cl)c1. The molecule has 1 atom stereocenters. The van der Waals surface area contributed by atoms with Gasteiger partial charge in [0.05, 0.1) is 6.04 Å². The molecule has 1 heterocycles. The standard InChI is InChI=1S/C15H18ClNO/c1-11(2)9-15(18)17-8-4-7-14(17)12-5-3-6-13(16)10-12/h3,5-6,9-10,14H,4,7-8H2,1-2H3. The van der Waals surface area contributed by atoms with E-state index in [1.54, 1.807) is 6.08 Å². The lowest BCUT2D eigenvalue weighted by molar-refractivity contribution is -0.126. The summed E-state index contributed by atoms with van der Waals surface area (Å²) in [5, 5.41) is 0.731. The maximum atomic E-state index is 12.1. The molecule has 0 bridgehead atoms. The summed E-state index contributed by atoms with van der Waals surface area (Å²) in [7, 11) is 0. The average molecular weight is 264 g/mol. The molecule has 1 unspecified atom stereocenters. The lowest BCUT2D eigenvalue weighted by atomic mass is 10.0. The molecule has 0 spiro atoms. The third kappa shape index (κ3) is 2.94. The van der Waals surface area contributed by atoms with Gasteiger partial charge in [-0.25, -0.2) is 0 Å². The maximum Gasteiger partial charge on any atom is 0.246 e. The van der Waals surface area contributed by atoms with Gasteiger partial charge in [0, 0.05) is 17.6 Å². The summed E-state index contributed by atoms with van der Waals surface area (Å²) >= 11 is 6.02. The molecule has 3 heteroatoms. The first-order chi connectivity index (χ1) is 8.58. The summed E-state index contributed by atoms with van der Waals surface area (Å²) in [5.74, 6) is 0.109. The van der Waals surface area contributed by atoms with Gasteiger partial charge in [0.15, 0.2) is 0 Å². The van der Waals surface area contributed by atoms with Crippen molar-refractivity contribution < 1.29 is 4.79 Å². The Kier molecular flexibility index (Phi) is 4.07. The quantitative estimate of drug-likeness (QED) is 0.740. The minimum Gasteiger partial charge on any atom is -0.332 e. The van der Waals surface area contributed by atoms with E-state index in [1.807, 2.05) is 43.0 Å². The van der Waals surface area contributed by atoms with E-state index in [2.05, 4.69) is 0 Å². The molecular formula is C15H18ClNO. The Morgan fingerprint density at radius 2 is 2.22 bits per heavy atom. The van der Waals surface area contributed by atoms with Crippen LogP contribution in [0.4, 0.5) is 0 Å². The van der Waals surface area contributed by atoms with Crippen LogP contribution in [-0.2, 0) is 4.79 Å². The molecule has 1 amide bonds. The number of amides is 1. The zero-order valence-corrected chi connectivity index (χ0v) is 11.6. The van der Waals surface area contributed by atoms with Crippen molar-refractivity contribution in [1.82, 2.24) is 4.90 Å². The van der Waals surface area contributed by atoms with Crippen LogP contribution in [0.3, 0.4) is 0 Å². The van der Waals surface area contributed by atoms with Crippen LogP contribution in [0.5, 0.6) is 0 Å². The van der Waals surface area contributed by atoms with E-state index >= 15 is 0 Å². The average Bonchev–Trinajstić information content (AvgIpc) is 2.76. The van der Waals surface area contributed by atoms with Crippen LogP contribution >= 0.6 is 11.6 Å². The van der Waals surface area contributed by atoms with Crippen molar-refractivity contribution >= 4 is 17.5 Å². The first kappa shape index (κ1) is 13.2. The zero-order chi connectivity index (χ0) is 13.1. The number of allylic oxidation sites excluding steroid dienone is 1. The first-order valence-electron chi connectivity index (χ1n) is 6.29. The number of hydrogen-bond acceptors (Lipinski definition) is 1. The molecule has 2 nitrogen and oxygen atoms in total. The van der Waals surface area contributed by atoms with Crippen molar-refractivity contribution in [3.05, 3.63) is 46.5 Å². The minimum atomic E-state index is 0.109. The van der Waals surface area contributed by atoms with Crippen LogP contribution < -0.4 is 0 Å². The number of halogens is 1. The molecule has 18 heavy (non-hydrogen) atoms. The van der Waals surface area contributed by atoms with E-state index in [-0.39, 0.29) is 11.9 Å². The largest absolute Gasteiger partial charge is 0.332 e. The lowest BCUT2D eigenvalue weighted by Crippen LogP contribution is -2.29. The Morgan fingerprint density at radius 3 is 2.89 bits per heavy atom. The fourth-order valence-electron chi connectivity index (χ4n) is 2.42. The molecule has 1 fully saturated rings. The number of carbonyl (C=O) groups excluding carboxylic acids is 1. The highest BCUT2D eigenvalue weighted by Crippen LogP contribution is 2.33. The predicted octanol–water partition coefficient (Wildman–Crippen LogP) is 3.97. The van der Waals surface area contributed by atoms with Crippen LogP contribution in [0, 0.1) is 0 Å². The summed E-state index contributed by atoms with van der Waals surface area (Å²) in [4.78, 5) is 14.1. The van der Waals surface area contributed by atoms with Crippen molar-refractivity contribution in [2.45, 2.75) is 32.7 Å². The van der Waals surface area contributed by atoms with Crippen LogP contribution in [0.25, 0.3) is 0 Å². The van der Waals surface area contributed by atoms with Crippen molar-refractivity contribution in [2.24, 2.45) is 0 Å². The molecule has 0 N–H and O–H groups in total. The highest BCUT2D eigenvalue weighted by molar-refractivity contribution is 6.30. The van der Waals surface area contributed by atoms with Gasteiger partial charge in [-0.05, 0) is 44.4 Å². The number of benzene rings is 1. The summed E-state index contributed by atoms with van der Waals surface area (Å²) in [6.07, 6.45) is 3.78. The first-order valence-corrected chi connectivity index (χ1v) is 6.66. The van der Waals surface area contributed by atoms with E-state index in [1.165, 1.54) is 0 Å². The molecule has 1 aromatic carbocycles. The molecule has 0 aromatic heterocycles. The molecule has 1 saturated heterocycles. The third-order valence-corrected chi connectivity index (χ3v) is 3.42. The molecular weight excluding hydrogens is 246 g/mol. The second-order valence-electron chi connectivity index (χ2n) is 4.97. The number of likely N-dealkylation sites (tertiary alicyclic amines) is 1. The Morgan fingerprint density at radius 1 is 1.44 bits per heavy atom. The van der Waals surface area contributed by atoms with Crippen molar-refractivity contribution in [3.8, 4) is 0 Å². The van der Waals surface area contributed by atoms with Crippen LogP contribution in [0.15, 0.2) is 35.9 Å². The van der Waals surface area contributed by atoms with Crippen LogP contribution in [0.2, 0.25) is 5.02 Å². The number of rotatable bonds is 2. The van der Waals surface area contributed by atoms with E-state index < -0.39 is 0 Å². The summed E-state index contributed by atoms with van der Waals surface area (Å²) < 4.78 is 0. The summed E-state index contributed by atoms with van der Waals surface area (Å²) in [6.45, 7) is 4.73. The van der Waals surface area contributed by atoms with Gasteiger partial charge in [-0.1, -0.05) is 29.3 Å². The number of hydrogen-bond donors (Lipinski definition) is 0. The molecule has 1 aliphatic rings. The third-order valence-electron chi connectivity index (χ3n) is 3.18. The van der Waals surface area contributed by atoms with Gasteiger partial charge in [0.25, 0.3) is 0 Å². The maximum absolute atomic E-state index is 12.1. The Labute approximate surface area is 113 Å².